The van der Waals surface area contributed by atoms with Crippen molar-refractivity contribution in [2.75, 3.05) is 13.2 Å². The molecule has 2 rings (SSSR count). The topological polar surface area (TPSA) is 35.2 Å². The Morgan fingerprint density at radius 1 is 1.50 bits per heavy atom. The third-order valence-corrected chi connectivity index (χ3v) is 3.18. The van der Waals surface area contributed by atoms with Crippen LogP contribution in [0.1, 0.15) is 18.4 Å². The smallest absolute Gasteiger partial charge is 0.141 e. The van der Waals surface area contributed by atoms with Crippen molar-refractivity contribution in [1.82, 2.24) is 0 Å². The van der Waals surface area contributed by atoms with Gasteiger partial charge in [-0.25, -0.2) is 4.39 Å². The molecule has 0 radical (unpaired) electrons. The average molecular weight is 244 g/mol. The fraction of sp³-hybridized carbons (Fsp3) is 0.500. The summed E-state index contributed by atoms with van der Waals surface area (Å²) in [4.78, 5) is 0. The molecule has 88 valence electrons. The van der Waals surface area contributed by atoms with Crippen molar-refractivity contribution in [2.24, 2.45) is 5.73 Å². The van der Waals surface area contributed by atoms with E-state index in [1.165, 1.54) is 6.07 Å². The number of rotatable bonds is 2. The SMILES string of the molecule is NC1(Cc2ccc(F)c(Cl)c2)CCCOC1. The van der Waals surface area contributed by atoms with Crippen LogP contribution in [0.25, 0.3) is 0 Å². The summed E-state index contributed by atoms with van der Waals surface area (Å²) in [6, 6.07) is 4.75. The van der Waals surface area contributed by atoms with E-state index in [-0.39, 0.29) is 10.6 Å². The van der Waals surface area contributed by atoms with Crippen LogP contribution >= 0.6 is 11.6 Å². The number of hydrogen-bond donors (Lipinski definition) is 1. The zero-order valence-electron chi connectivity index (χ0n) is 9.01. The van der Waals surface area contributed by atoms with Gasteiger partial charge in [0.05, 0.1) is 11.6 Å². The number of ether oxygens (including phenoxy) is 1. The number of benzene rings is 1. The number of hydrogen-bond acceptors (Lipinski definition) is 2. The van der Waals surface area contributed by atoms with Crippen molar-refractivity contribution in [2.45, 2.75) is 24.8 Å². The van der Waals surface area contributed by atoms with Gasteiger partial charge in [-0.2, -0.15) is 0 Å². The summed E-state index contributed by atoms with van der Waals surface area (Å²) >= 11 is 5.73. The van der Waals surface area contributed by atoms with Crippen LogP contribution in [0.2, 0.25) is 5.02 Å². The van der Waals surface area contributed by atoms with Gasteiger partial charge in [-0.05, 0) is 37.0 Å². The van der Waals surface area contributed by atoms with Crippen LogP contribution in [0.3, 0.4) is 0 Å². The molecular formula is C12H15ClFNO. The summed E-state index contributed by atoms with van der Waals surface area (Å²) in [6.45, 7) is 1.34. The first-order chi connectivity index (χ1) is 7.59. The van der Waals surface area contributed by atoms with E-state index < -0.39 is 5.82 Å². The number of nitrogens with two attached hydrogens (primary N) is 1. The molecule has 16 heavy (non-hydrogen) atoms. The van der Waals surface area contributed by atoms with Crippen LogP contribution in [0, 0.1) is 5.82 Å². The van der Waals surface area contributed by atoms with E-state index in [0.29, 0.717) is 13.0 Å². The molecule has 0 bridgehead atoms. The van der Waals surface area contributed by atoms with Gasteiger partial charge in [-0.1, -0.05) is 17.7 Å². The van der Waals surface area contributed by atoms with Crippen molar-refractivity contribution in [3.05, 3.63) is 34.6 Å². The lowest BCUT2D eigenvalue weighted by atomic mass is 9.87. The lowest BCUT2D eigenvalue weighted by molar-refractivity contribution is 0.0382. The molecule has 1 aliphatic heterocycles. The molecule has 1 atom stereocenters. The van der Waals surface area contributed by atoms with Crippen LogP contribution in [-0.2, 0) is 11.2 Å². The second-order valence-electron chi connectivity index (χ2n) is 4.44. The highest BCUT2D eigenvalue weighted by Crippen LogP contribution is 2.24. The largest absolute Gasteiger partial charge is 0.380 e. The van der Waals surface area contributed by atoms with Gasteiger partial charge in [0, 0.05) is 12.1 Å². The third-order valence-electron chi connectivity index (χ3n) is 2.89. The second-order valence-corrected chi connectivity index (χ2v) is 4.85. The van der Waals surface area contributed by atoms with E-state index in [1.54, 1.807) is 12.1 Å². The maximum Gasteiger partial charge on any atom is 0.141 e. The Morgan fingerprint density at radius 3 is 2.94 bits per heavy atom. The molecular weight excluding hydrogens is 229 g/mol. The zero-order valence-corrected chi connectivity index (χ0v) is 9.77. The molecule has 4 heteroatoms. The minimum atomic E-state index is -0.392. The first-order valence-corrected chi connectivity index (χ1v) is 5.77. The minimum Gasteiger partial charge on any atom is -0.380 e. The fourth-order valence-electron chi connectivity index (χ4n) is 2.07. The van der Waals surface area contributed by atoms with Gasteiger partial charge < -0.3 is 10.5 Å². The van der Waals surface area contributed by atoms with Crippen molar-refractivity contribution in [1.29, 1.82) is 0 Å². The Kier molecular flexibility index (Phi) is 3.47. The van der Waals surface area contributed by atoms with Crippen molar-refractivity contribution in [3.8, 4) is 0 Å². The predicted octanol–water partition coefficient (Wildman–Crippen LogP) is 2.53. The quantitative estimate of drug-likeness (QED) is 0.866. The predicted molar refractivity (Wildman–Crippen MR) is 62.1 cm³/mol. The lowest BCUT2D eigenvalue weighted by Crippen LogP contribution is -2.49. The molecule has 1 unspecified atom stereocenters. The standard InChI is InChI=1S/C12H15ClFNO/c13-10-6-9(2-3-11(10)14)7-12(15)4-1-5-16-8-12/h2-3,6H,1,4-5,7-8,15H2. The van der Waals surface area contributed by atoms with E-state index in [1.807, 2.05) is 0 Å². The Labute approximate surface area is 99.5 Å². The summed E-state index contributed by atoms with van der Waals surface area (Å²) in [5, 5.41) is 0.151. The first kappa shape index (κ1) is 11.8. The van der Waals surface area contributed by atoms with Gasteiger partial charge in [0.1, 0.15) is 5.82 Å². The van der Waals surface area contributed by atoms with Gasteiger partial charge >= 0.3 is 0 Å². The maximum atomic E-state index is 13.0. The van der Waals surface area contributed by atoms with Crippen LogP contribution < -0.4 is 5.73 Å². The van der Waals surface area contributed by atoms with Crippen molar-refractivity contribution < 1.29 is 9.13 Å². The van der Waals surface area contributed by atoms with Crippen LogP contribution in [0.4, 0.5) is 4.39 Å². The Balaban J connectivity index is 2.10. The summed E-state index contributed by atoms with van der Waals surface area (Å²) in [5.41, 5.74) is 6.84. The molecule has 0 spiro atoms. The summed E-state index contributed by atoms with van der Waals surface area (Å²) in [6.07, 6.45) is 2.58. The molecule has 2 nitrogen and oxygen atoms in total. The number of halogens is 2. The molecule has 0 aliphatic carbocycles. The minimum absolute atomic E-state index is 0.151. The summed E-state index contributed by atoms with van der Waals surface area (Å²) in [5.74, 6) is -0.392. The van der Waals surface area contributed by atoms with Gasteiger partial charge in [0.15, 0.2) is 0 Å². The molecule has 1 aliphatic rings. The molecule has 1 saturated heterocycles. The molecule has 1 aromatic rings. The molecule has 0 saturated carbocycles. The average Bonchev–Trinajstić information content (AvgIpc) is 2.24. The Bertz CT molecular complexity index is 377. The van der Waals surface area contributed by atoms with Gasteiger partial charge in [-0.3, -0.25) is 0 Å². The fourth-order valence-corrected chi connectivity index (χ4v) is 2.27. The van der Waals surface area contributed by atoms with E-state index in [9.17, 15) is 4.39 Å². The molecule has 1 aromatic carbocycles. The molecule has 0 amide bonds. The van der Waals surface area contributed by atoms with Crippen LogP contribution in [-0.4, -0.2) is 18.8 Å². The maximum absolute atomic E-state index is 13.0. The normalized spacial score (nSPS) is 25.7. The van der Waals surface area contributed by atoms with Gasteiger partial charge in [0.2, 0.25) is 0 Å². The summed E-state index contributed by atoms with van der Waals surface area (Å²) in [7, 11) is 0. The zero-order chi connectivity index (χ0) is 11.6. The monoisotopic (exact) mass is 243 g/mol. The highest BCUT2D eigenvalue weighted by molar-refractivity contribution is 6.30. The van der Waals surface area contributed by atoms with Crippen molar-refractivity contribution >= 4 is 11.6 Å². The molecule has 0 aromatic heterocycles. The van der Waals surface area contributed by atoms with Crippen molar-refractivity contribution in [3.63, 3.8) is 0 Å². The van der Waals surface area contributed by atoms with E-state index in [2.05, 4.69) is 0 Å². The van der Waals surface area contributed by atoms with Gasteiger partial charge in [0.25, 0.3) is 0 Å². The molecule has 2 N–H and O–H groups in total. The molecule has 1 fully saturated rings. The van der Waals surface area contributed by atoms with E-state index in [4.69, 9.17) is 22.1 Å². The van der Waals surface area contributed by atoms with Gasteiger partial charge in [-0.15, -0.1) is 0 Å². The van der Waals surface area contributed by atoms with Crippen LogP contribution in [0.15, 0.2) is 18.2 Å². The lowest BCUT2D eigenvalue weighted by Gasteiger charge is -2.33. The first-order valence-electron chi connectivity index (χ1n) is 5.40. The highest BCUT2D eigenvalue weighted by Gasteiger charge is 2.28. The Hall–Kier alpha value is -0.640. The van der Waals surface area contributed by atoms with Crippen LogP contribution in [0.5, 0.6) is 0 Å². The second kappa shape index (κ2) is 4.70. The third kappa shape index (κ3) is 2.73. The molecule has 1 heterocycles. The van der Waals surface area contributed by atoms with E-state index in [0.717, 1.165) is 25.0 Å². The Morgan fingerprint density at radius 2 is 2.31 bits per heavy atom. The highest BCUT2D eigenvalue weighted by atomic mass is 35.5. The summed E-state index contributed by atoms with van der Waals surface area (Å²) < 4.78 is 18.4. The van der Waals surface area contributed by atoms with E-state index >= 15 is 0 Å².